The number of aromatic hydroxyl groups is 1. The zero-order valence-corrected chi connectivity index (χ0v) is 20.4. The van der Waals surface area contributed by atoms with Gasteiger partial charge in [0, 0.05) is 35.8 Å². The van der Waals surface area contributed by atoms with Crippen molar-refractivity contribution in [3.63, 3.8) is 0 Å². The maximum Gasteiger partial charge on any atom is 0.120 e. The molecule has 3 nitrogen and oxygen atoms in total. The lowest BCUT2D eigenvalue weighted by atomic mass is 9.52. The molecule has 174 valence electrons. The molecular formula is C27H36Cl2N2O. The average Bonchev–Trinajstić information content (AvgIpc) is 3.59. The second-order valence-electron chi connectivity index (χ2n) is 10.3. The molecule has 1 saturated heterocycles. The molecular weight excluding hydrogens is 439 g/mol. The second kappa shape index (κ2) is 9.44. The molecule has 2 N–H and O–H groups in total. The van der Waals surface area contributed by atoms with Gasteiger partial charge in [0.05, 0.1) is 0 Å². The minimum Gasteiger partial charge on any atom is -0.508 e. The van der Waals surface area contributed by atoms with Crippen LogP contribution in [0.1, 0.15) is 61.6 Å². The summed E-state index contributed by atoms with van der Waals surface area (Å²) in [6, 6.07) is 15.5. The average molecular weight is 476 g/mol. The summed E-state index contributed by atoms with van der Waals surface area (Å²) in [6.07, 6.45) is 11.1. The summed E-state index contributed by atoms with van der Waals surface area (Å²) in [7, 11) is 0. The summed E-state index contributed by atoms with van der Waals surface area (Å²) in [6.45, 7) is 3.32. The van der Waals surface area contributed by atoms with Gasteiger partial charge in [-0.05, 0) is 86.2 Å². The molecule has 1 aliphatic heterocycles. The molecule has 1 heterocycles. The SMILES string of the molecule is Cl.Cl.Oc1ccccc1CNc1ccc2c(c1)[C@@]13CCCC[C@H]1[C@@H](C2)N(CC1CC1)CC3. The Morgan fingerprint density at radius 1 is 1.00 bits per heavy atom. The van der Waals surface area contributed by atoms with Crippen molar-refractivity contribution in [3.05, 3.63) is 59.2 Å². The summed E-state index contributed by atoms with van der Waals surface area (Å²) < 4.78 is 0. The number of phenols is 1. The molecule has 5 heteroatoms. The van der Waals surface area contributed by atoms with Gasteiger partial charge in [0.1, 0.15) is 5.75 Å². The molecule has 3 atom stereocenters. The summed E-state index contributed by atoms with van der Waals surface area (Å²) in [5, 5.41) is 13.7. The molecule has 2 aromatic carbocycles. The number of phenolic OH excluding ortho intramolecular Hbond substituents is 1. The van der Waals surface area contributed by atoms with Crippen molar-refractivity contribution in [2.75, 3.05) is 18.4 Å². The third kappa shape index (κ3) is 4.13. The van der Waals surface area contributed by atoms with Gasteiger partial charge >= 0.3 is 0 Å². The van der Waals surface area contributed by atoms with E-state index in [4.69, 9.17) is 0 Å². The molecule has 32 heavy (non-hydrogen) atoms. The molecule has 3 aliphatic carbocycles. The lowest BCUT2D eigenvalue weighted by Gasteiger charge is -2.59. The number of nitrogens with one attached hydrogen (secondary N) is 1. The van der Waals surface area contributed by atoms with Crippen molar-refractivity contribution in [2.45, 2.75) is 69.4 Å². The minimum atomic E-state index is 0. The number of para-hydroxylation sites is 1. The van der Waals surface area contributed by atoms with Gasteiger partial charge in [-0.3, -0.25) is 4.90 Å². The Hall–Kier alpha value is -1.42. The first kappa shape index (κ1) is 23.7. The van der Waals surface area contributed by atoms with Gasteiger partial charge in [0.15, 0.2) is 0 Å². The third-order valence-electron chi connectivity index (χ3n) is 8.62. The number of nitrogens with zero attached hydrogens (tertiary/aromatic N) is 1. The fourth-order valence-electron chi connectivity index (χ4n) is 6.91. The van der Waals surface area contributed by atoms with Gasteiger partial charge < -0.3 is 10.4 Å². The van der Waals surface area contributed by atoms with Gasteiger partial charge in [-0.25, -0.2) is 0 Å². The van der Waals surface area contributed by atoms with E-state index in [2.05, 4.69) is 28.4 Å². The summed E-state index contributed by atoms with van der Waals surface area (Å²) in [5.74, 6) is 2.21. The quantitative estimate of drug-likeness (QED) is 0.532. The smallest absolute Gasteiger partial charge is 0.120 e. The van der Waals surface area contributed by atoms with E-state index < -0.39 is 0 Å². The van der Waals surface area contributed by atoms with Crippen LogP contribution in [0.4, 0.5) is 5.69 Å². The van der Waals surface area contributed by atoms with E-state index >= 15 is 0 Å². The van der Waals surface area contributed by atoms with Crippen molar-refractivity contribution < 1.29 is 5.11 Å². The van der Waals surface area contributed by atoms with Crippen molar-refractivity contribution in [3.8, 4) is 5.75 Å². The molecule has 0 spiro atoms. The first-order valence-electron chi connectivity index (χ1n) is 12.1. The van der Waals surface area contributed by atoms with E-state index in [0.29, 0.717) is 17.7 Å². The summed E-state index contributed by atoms with van der Waals surface area (Å²) >= 11 is 0. The Balaban J connectivity index is 0.00000122. The molecule has 2 bridgehead atoms. The van der Waals surface area contributed by atoms with Crippen molar-refractivity contribution in [1.82, 2.24) is 4.90 Å². The van der Waals surface area contributed by atoms with Crippen LogP contribution in [0.3, 0.4) is 0 Å². The topological polar surface area (TPSA) is 35.5 Å². The van der Waals surface area contributed by atoms with Crippen LogP contribution < -0.4 is 5.32 Å². The number of benzene rings is 2. The van der Waals surface area contributed by atoms with E-state index in [0.717, 1.165) is 23.4 Å². The number of likely N-dealkylation sites (tertiary alicyclic amines) is 1. The number of hydrogen-bond acceptors (Lipinski definition) is 3. The molecule has 0 aromatic heterocycles. The molecule has 3 fully saturated rings. The lowest BCUT2D eigenvalue weighted by Crippen LogP contribution is -2.61. The maximum absolute atomic E-state index is 10.1. The van der Waals surface area contributed by atoms with E-state index in [1.165, 1.54) is 70.1 Å². The van der Waals surface area contributed by atoms with Crippen molar-refractivity contribution in [1.29, 1.82) is 0 Å². The van der Waals surface area contributed by atoms with Crippen LogP contribution in [-0.4, -0.2) is 29.1 Å². The van der Waals surface area contributed by atoms with Crippen LogP contribution in [0.5, 0.6) is 5.75 Å². The van der Waals surface area contributed by atoms with Gasteiger partial charge in [-0.2, -0.15) is 0 Å². The highest BCUT2D eigenvalue weighted by molar-refractivity contribution is 5.85. The van der Waals surface area contributed by atoms with Gasteiger partial charge in [0.2, 0.25) is 0 Å². The number of rotatable bonds is 5. The minimum absolute atomic E-state index is 0. The predicted molar refractivity (Wildman–Crippen MR) is 136 cm³/mol. The first-order chi connectivity index (χ1) is 14.7. The summed E-state index contributed by atoms with van der Waals surface area (Å²) in [5.41, 5.74) is 5.82. The Morgan fingerprint density at radius 2 is 1.84 bits per heavy atom. The monoisotopic (exact) mass is 474 g/mol. The number of anilines is 1. The molecule has 2 saturated carbocycles. The van der Waals surface area contributed by atoms with Crippen LogP contribution in [0, 0.1) is 11.8 Å². The fourth-order valence-corrected chi connectivity index (χ4v) is 6.91. The highest BCUT2D eigenvalue weighted by Gasteiger charge is 2.54. The van der Waals surface area contributed by atoms with E-state index in [1.807, 2.05) is 18.2 Å². The number of halogens is 2. The molecule has 4 aliphatic rings. The summed E-state index contributed by atoms with van der Waals surface area (Å²) in [4.78, 5) is 2.89. The standard InChI is InChI=1S/C27H34N2O.2ClH/c30-26-7-2-1-5-21(26)17-28-22-11-10-20-15-25-23-6-3-4-12-27(23,24(20)16-22)13-14-29(25)18-19-8-9-19;;/h1-2,5,7,10-11,16,19,23,25,28,30H,3-4,6,8-9,12-15,17-18H2;2*1H/t23-,25+,27+;;/m0../s1. The maximum atomic E-state index is 10.1. The number of hydrogen-bond donors (Lipinski definition) is 2. The normalized spacial score (nSPS) is 28.5. The number of piperidine rings is 1. The zero-order valence-electron chi connectivity index (χ0n) is 18.8. The predicted octanol–water partition coefficient (Wildman–Crippen LogP) is 6.32. The third-order valence-corrected chi connectivity index (χ3v) is 8.62. The zero-order chi connectivity index (χ0) is 20.1. The van der Waals surface area contributed by atoms with Gasteiger partial charge in [-0.15, -0.1) is 24.8 Å². The first-order valence-corrected chi connectivity index (χ1v) is 12.1. The van der Waals surface area contributed by atoms with E-state index in [9.17, 15) is 5.11 Å². The van der Waals surface area contributed by atoms with Crippen LogP contribution in [0.25, 0.3) is 0 Å². The molecule has 0 unspecified atom stereocenters. The Morgan fingerprint density at radius 3 is 2.66 bits per heavy atom. The largest absolute Gasteiger partial charge is 0.508 e. The van der Waals surface area contributed by atoms with Gasteiger partial charge in [0.25, 0.3) is 0 Å². The van der Waals surface area contributed by atoms with Crippen LogP contribution in [0.2, 0.25) is 0 Å². The molecule has 0 amide bonds. The van der Waals surface area contributed by atoms with Crippen LogP contribution in [-0.2, 0) is 18.4 Å². The number of fused-ring (bicyclic) bond motifs is 1. The van der Waals surface area contributed by atoms with Crippen LogP contribution >= 0.6 is 24.8 Å². The Bertz CT molecular complexity index is 947. The highest BCUT2D eigenvalue weighted by atomic mass is 35.5. The molecule has 2 aromatic rings. The van der Waals surface area contributed by atoms with Gasteiger partial charge in [-0.1, -0.05) is 37.1 Å². The lowest BCUT2D eigenvalue weighted by molar-refractivity contribution is -0.0133. The van der Waals surface area contributed by atoms with Crippen molar-refractivity contribution in [2.24, 2.45) is 11.8 Å². The fraction of sp³-hybridized carbons (Fsp3) is 0.556. The highest BCUT2D eigenvalue weighted by Crippen LogP contribution is 2.56. The van der Waals surface area contributed by atoms with Crippen LogP contribution in [0.15, 0.2) is 42.5 Å². The Kier molecular flexibility index (Phi) is 7.00. The second-order valence-corrected chi connectivity index (χ2v) is 10.3. The van der Waals surface area contributed by atoms with Crippen molar-refractivity contribution >= 4 is 30.5 Å². The van der Waals surface area contributed by atoms with E-state index in [-0.39, 0.29) is 24.8 Å². The molecule has 6 rings (SSSR count). The molecule has 0 radical (unpaired) electrons. The van der Waals surface area contributed by atoms with E-state index in [1.54, 1.807) is 17.2 Å². The Labute approximate surface area is 204 Å².